The minimum absolute atomic E-state index is 0.0705. The summed E-state index contributed by atoms with van der Waals surface area (Å²) < 4.78 is 31.2. The van der Waals surface area contributed by atoms with Gasteiger partial charge in [0.25, 0.3) is 0 Å². The summed E-state index contributed by atoms with van der Waals surface area (Å²) in [6.45, 7) is 1.31. The van der Waals surface area contributed by atoms with Crippen LogP contribution in [0.2, 0.25) is 0 Å². The summed E-state index contributed by atoms with van der Waals surface area (Å²) in [4.78, 5) is 31.0. The first-order valence-corrected chi connectivity index (χ1v) is 11.4. The second-order valence-electron chi connectivity index (χ2n) is 8.78. The first-order valence-electron chi connectivity index (χ1n) is 10.6. The number of aromatic nitrogens is 2. The van der Waals surface area contributed by atoms with Crippen molar-refractivity contribution < 1.29 is 18.4 Å². The molecule has 32 heavy (non-hydrogen) atoms. The summed E-state index contributed by atoms with van der Waals surface area (Å²) in [5, 5.41) is 4.61. The van der Waals surface area contributed by atoms with E-state index in [1.54, 1.807) is 12.3 Å². The summed E-state index contributed by atoms with van der Waals surface area (Å²) >= 11 is 1.42. The van der Waals surface area contributed by atoms with Crippen LogP contribution in [0.4, 0.5) is 14.6 Å². The number of hydrogen-bond donors (Lipinski definition) is 1. The molecule has 0 radical (unpaired) electrons. The first-order chi connectivity index (χ1) is 15.3. The maximum absolute atomic E-state index is 13.4. The molecule has 3 aliphatic rings. The number of nitrogens with zero attached hydrogens (tertiary/aromatic N) is 3. The largest absolute Gasteiger partial charge is 0.339 e. The summed E-state index contributed by atoms with van der Waals surface area (Å²) in [5.74, 6) is -2.82. The predicted molar refractivity (Wildman–Crippen MR) is 118 cm³/mol. The molecule has 2 aliphatic heterocycles. The molecule has 1 N–H and O–H groups in total. The lowest BCUT2D eigenvalue weighted by molar-refractivity contribution is -0.175. The Hall–Kier alpha value is -2.94. The lowest BCUT2D eigenvalue weighted by Gasteiger charge is -2.48. The van der Waals surface area contributed by atoms with E-state index >= 15 is 0 Å². The number of likely N-dealkylation sites (tertiary alicyclic amines) is 1. The van der Waals surface area contributed by atoms with Crippen molar-refractivity contribution in [2.45, 2.75) is 38.0 Å². The number of hydrogen-bond acceptors (Lipinski definition) is 5. The van der Waals surface area contributed by atoms with Gasteiger partial charge in [0, 0.05) is 43.6 Å². The molecule has 0 bridgehead atoms. The fourth-order valence-electron chi connectivity index (χ4n) is 4.71. The molecule has 0 atom stereocenters. The molecule has 5 rings (SSSR count). The molecular formula is C23H22F2N4O2S. The number of halogens is 2. The molecular weight excluding hydrogens is 434 g/mol. The van der Waals surface area contributed by atoms with Crippen molar-refractivity contribution in [1.82, 2.24) is 14.3 Å². The Kier molecular flexibility index (Phi) is 5.16. The van der Waals surface area contributed by atoms with Gasteiger partial charge in [0.15, 0.2) is 0 Å². The lowest BCUT2D eigenvalue weighted by atomic mass is 9.61. The highest BCUT2D eigenvalue weighted by molar-refractivity contribution is 7.03. The summed E-state index contributed by atoms with van der Waals surface area (Å²) in [5.41, 5.74) is 2.64. The van der Waals surface area contributed by atoms with Crippen LogP contribution in [0.25, 0.3) is 12.2 Å². The molecule has 2 aromatic heterocycles. The van der Waals surface area contributed by atoms with Crippen LogP contribution in [0.1, 0.15) is 42.5 Å². The van der Waals surface area contributed by atoms with Crippen molar-refractivity contribution in [3.05, 3.63) is 52.2 Å². The molecule has 1 saturated carbocycles. The van der Waals surface area contributed by atoms with E-state index in [9.17, 15) is 18.4 Å². The number of rotatable bonds is 3. The zero-order chi connectivity index (χ0) is 22.3. The number of carbonyl (C=O) groups is 2. The van der Waals surface area contributed by atoms with Crippen molar-refractivity contribution in [1.29, 1.82) is 0 Å². The number of fused-ring (bicyclic) bond motifs is 1. The normalized spacial score (nSPS) is 21.2. The highest BCUT2D eigenvalue weighted by Crippen LogP contribution is 2.56. The molecule has 0 unspecified atom stereocenters. The van der Waals surface area contributed by atoms with Crippen molar-refractivity contribution >= 4 is 41.3 Å². The van der Waals surface area contributed by atoms with Gasteiger partial charge in [-0.3, -0.25) is 9.59 Å². The molecule has 2 amide bonds. The van der Waals surface area contributed by atoms with E-state index in [0.717, 1.165) is 24.1 Å². The van der Waals surface area contributed by atoms with Crippen molar-refractivity contribution in [3.63, 3.8) is 0 Å². The maximum Gasteiger partial charge on any atom is 0.250 e. The number of amides is 2. The van der Waals surface area contributed by atoms with Crippen LogP contribution in [-0.2, 0) is 16.0 Å². The smallest absolute Gasteiger partial charge is 0.250 e. The Morgan fingerprint density at radius 1 is 1.25 bits per heavy atom. The second-order valence-corrected chi connectivity index (χ2v) is 9.45. The fourth-order valence-corrected chi connectivity index (χ4v) is 5.21. The third-order valence-corrected chi connectivity index (χ3v) is 6.94. The zero-order valence-electron chi connectivity index (χ0n) is 17.3. The van der Waals surface area contributed by atoms with Crippen molar-refractivity contribution in [2.24, 2.45) is 5.41 Å². The summed E-state index contributed by atoms with van der Waals surface area (Å²) in [6.07, 6.45) is 7.90. The van der Waals surface area contributed by atoms with Crippen LogP contribution in [-0.4, -0.2) is 45.1 Å². The van der Waals surface area contributed by atoms with Crippen molar-refractivity contribution in [2.75, 3.05) is 18.4 Å². The first kappa shape index (κ1) is 20.9. The maximum atomic E-state index is 13.4. The van der Waals surface area contributed by atoms with E-state index in [-0.39, 0.29) is 18.2 Å². The summed E-state index contributed by atoms with van der Waals surface area (Å²) in [7, 11) is 0. The van der Waals surface area contributed by atoms with Gasteiger partial charge in [-0.15, -0.1) is 0 Å². The standard InChI is InChI=1S/C23H22F2N4O2S/c24-23(25)13-22(14-23)11-17-9-16(12-26-20(17)27-21(22)31)1-2-19(30)29-6-3-15(4-7-29)10-18-5-8-32-28-18/h1-2,5,8-10,12H,3-4,6-7,11,13-14H2,(H,26,27,31). The van der Waals surface area contributed by atoms with Gasteiger partial charge < -0.3 is 10.2 Å². The van der Waals surface area contributed by atoms with E-state index in [0.29, 0.717) is 24.5 Å². The molecule has 2 aromatic rings. The number of carbonyl (C=O) groups excluding carboxylic acids is 2. The Bertz CT molecular complexity index is 1110. The van der Waals surface area contributed by atoms with Gasteiger partial charge >= 0.3 is 0 Å². The number of alkyl halides is 2. The Balaban J connectivity index is 1.22. The van der Waals surface area contributed by atoms with Crippen molar-refractivity contribution in [3.8, 4) is 0 Å². The molecule has 2 fully saturated rings. The van der Waals surface area contributed by atoms with Gasteiger partial charge in [-0.25, -0.2) is 13.8 Å². The quantitative estimate of drug-likeness (QED) is 0.704. The summed E-state index contributed by atoms with van der Waals surface area (Å²) in [6, 6.07) is 3.79. The molecule has 1 saturated heterocycles. The number of pyridine rings is 1. The van der Waals surface area contributed by atoms with Crippen LogP contribution in [0, 0.1) is 5.41 Å². The van der Waals surface area contributed by atoms with Crippen LogP contribution in [0.3, 0.4) is 0 Å². The number of nitrogens with one attached hydrogen (secondary N) is 1. The molecule has 166 valence electrons. The molecule has 1 aliphatic carbocycles. The molecule has 4 heterocycles. The van der Waals surface area contributed by atoms with Crippen LogP contribution >= 0.6 is 11.5 Å². The SMILES string of the molecule is O=C(C=Cc1cnc2c(c1)CC1(CC(F)(F)C1)C(=O)N2)N1CCC(=Cc2ccsn2)CC1. The highest BCUT2D eigenvalue weighted by Gasteiger charge is 2.61. The monoisotopic (exact) mass is 456 g/mol. The van der Waals surface area contributed by atoms with Crippen LogP contribution < -0.4 is 5.32 Å². The van der Waals surface area contributed by atoms with Crippen LogP contribution in [0.15, 0.2) is 35.4 Å². The van der Waals surface area contributed by atoms with Crippen LogP contribution in [0.5, 0.6) is 0 Å². The van der Waals surface area contributed by atoms with Gasteiger partial charge in [0.05, 0.1) is 11.1 Å². The second kappa shape index (κ2) is 7.88. The third-order valence-electron chi connectivity index (χ3n) is 6.37. The average Bonchev–Trinajstić information content (AvgIpc) is 3.25. The third kappa shape index (κ3) is 4.09. The van der Waals surface area contributed by atoms with E-state index in [1.165, 1.54) is 23.2 Å². The van der Waals surface area contributed by atoms with E-state index in [1.807, 2.05) is 22.4 Å². The Morgan fingerprint density at radius 3 is 2.72 bits per heavy atom. The zero-order valence-corrected chi connectivity index (χ0v) is 18.1. The Morgan fingerprint density at radius 2 is 2.03 bits per heavy atom. The minimum Gasteiger partial charge on any atom is -0.339 e. The van der Waals surface area contributed by atoms with Gasteiger partial charge in [0.1, 0.15) is 5.82 Å². The van der Waals surface area contributed by atoms with Gasteiger partial charge in [-0.05, 0) is 66.2 Å². The van der Waals surface area contributed by atoms with E-state index in [2.05, 4.69) is 20.8 Å². The van der Waals surface area contributed by atoms with E-state index < -0.39 is 24.2 Å². The molecule has 1 spiro atoms. The fraction of sp³-hybridized carbons (Fsp3) is 0.391. The molecule has 0 aromatic carbocycles. The molecule has 9 heteroatoms. The molecule has 6 nitrogen and oxygen atoms in total. The van der Waals surface area contributed by atoms with Gasteiger partial charge in [-0.2, -0.15) is 4.37 Å². The van der Waals surface area contributed by atoms with Gasteiger partial charge in [0.2, 0.25) is 17.7 Å². The predicted octanol–water partition coefficient (Wildman–Crippen LogP) is 4.17. The minimum atomic E-state index is -2.78. The lowest BCUT2D eigenvalue weighted by Crippen LogP contribution is -2.56. The number of anilines is 1. The Labute approximate surface area is 188 Å². The topological polar surface area (TPSA) is 75.2 Å². The van der Waals surface area contributed by atoms with Gasteiger partial charge in [-0.1, -0.05) is 5.57 Å². The van der Waals surface area contributed by atoms with E-state index in [4.69, 9.17) is 0 Å². The highest BCUT2D eigenvalue weighted by atomic mass is 32.1. The average molecular weight is 457 g/mol. The number of piperidine rings is 1.